The molecule has 0 spiro atoms. The minimum atomic E-state index is -0.313. The van der Waals surface area contributed by atoms with Crippen molar-refractivity contribution in [1.82, 2.24) is 19.9 Å². The zero-order valence-electron chi connectivity index (χ0n) is 12.9. The van der Waals surface area contributed by atoms with Crippen molar-refractivity contribution >= 4 is 33.7 Å². The molecule has 0 radical (unpaired) electrons. The molecule has 0 aliphatic carbocycles. The van der Waals surface area contributed by atoms with Gasteiger partial charge in [0, 0.05) is 18.1 Å². The van der Waals surface area contributed by atoms with Crippen LogP contribution in [0.4, 0.5) is 5.82 Å². The van der Waals surface area contributed by atoms with Gasteiger partial charge < -0.3 is 15.6 Å². The van der Waals surface area contributed by atoms with Crippen LogP contribution in [0.3, 0.4) is 0 Å². The number of hydrogen-bond acceptors (Lipinski definition) is 5. The number of aromatic amines is 1. The van der Waals surface area contributed by atoms with Crippen LogP contribution in [0, 0.1) is 6.92 Å². The predicted octanol–water partition coefficient (Wildman–Crippen LogP) is 1.66. The number of piperidine rings is 1. The highest BCUT2D eigenvalue weighted by Crippen LogP contribution is 2.33. The minimum Gasteiger partial charge on any atom is -0.368 e. The van der Waals surface area contributed by atoms with E-state index in [9.17, 15) is 4.79 Å². The minimum absolute atomic E-state index is 0.295. The number of nitrogens with two attached hydrogens (primary N) is 1. The number of fused-ring (bicyclic) bond motifs is 3. The lowest BCUT2D eigenvalue weighted by Gasteiger charge is -2.35. The Kier molecular flexibility index (Phi) is 3.14. The van der Waals surface area contributed by atoms with Gasteiger partial charge in [-0.15, -0.1) is 0 Å². The number of nitrogens with one attached hydrogen (secondary N) is 1. The lowest BCUT2D eigenvalue weighted by atomic mass is 10.0. The number of anilines is 1. The van der Waals surface area contributed by atoms with Crippen LogP contribution in [-0.2, 0) is 4.79 Å². The first-order valence-electron chi connectivity index (χ1n) is 7.81. The summed E-state index contributed by atoms with van der Waals surface area (Å²) < 4.78 is 0. The van der Waals surface area contributed by atoms with Crippen molar-refractivity contribution in [3.05, 3.63) is 24.3 Å². The van der Waals surface area contributed by atoms with Crippen LogP contribution in [0.1, 0.15) is 25.1 Å². The summed E-state index contributed by atoms with van der Waals surface area (Å²) in [5, 5.41) is 1.89. The van der Waals surface area contributed by atoms with Crippen LogP contribution in [0.2, 0.25) is 0 Å². The third-order valence-electron chi connectivity index (χ3n) is 4.45. The molecule has 7 heteroatoms. The molecule has 1 saturated heterocycles. The second-order valence-electron chi connectivity index (χ2n) is 5.98. The number of hydrogen-bond donors (Lipinski definition) is 2. The van der Waals surface area contributed by atoms with Gasteiger partial charge in [0.1, 0.15) is 17.7 Å². The Bertz CT molecular complexity index is 902. The maximum Gasteiger partial charge on any atom is 0.240 e. The van der Waals surface area contributed by atoms with Gasteiger partial charge in [-0.3, -0.25) is 4.79 Å². The number of aryl methyl sites for hydroxylation is 1. The van der Waals surface area contributed by atoms with Gasteiger partial charge in [-0.1, -0.05) is 0 Å². The molecule has 7 nitrogen and oxygen atoms in total. The highest BCUT2D eigenvalue weighted by molar-refractivity contribution is 6.09. The number of amides is 1. The van der Waals surface area contributed by atoms with Gasteiger partial charge >= 0.3 is 0 Å². The molecule has 3 N–H and O–H groups in total. The second kappa shape index (κ2) is 5.19. The Balaban J connectivity index is 2.01. The van der Waals surface area contributed by atoms with Crippen LogP contribution < -0.4 is 10.6 Å². The van der Waals surface area contributed by atoms with Gasteiger partial charge in [0.15, 0.2) is 5.65 Å². The van der Waals surface area contributed by atoms with Gasteiger partial charge in [0.2, 0.25) is 5.91 Å². The normalized spacial score (nSPS) is 18.7. The summed E-state index contributed by atoms with van der Waals surface area (Å²) in [5.74, 6) is 1.28. The number of carbonyl (C=O) groups excluding carboxylic acids is 1. The molecule has 0 saturated carbocycles. The number of primary amides is 1. The first-order chi connectivity index (χ1) is 11.1. The number of nitrogens with zero attached hydrogens (tertiary/aromatic N) is 4. The number of aromatic nitrogens is 4. The summed E-state index contributed by atoms with van der Waals surface area (Å²) in [6.07, 6.45) is 6.31. The fraction of sp³-hybridized carbons (Fsp3) is 0.375. The number of pyridine rings is 1. The van der Waals surface area contributed by atoms with Crippen LogP contribution in [0.15, 0.2) is 18.5 Å². The molecule has 1 fully saturated rings. The molecule has 3 aromatic heterocycles. The van der Waals surface area contributed by atoms with E-state index in [0.717, 1.165) is 53.7 Å². The maximum absolute atomic E-state index is 11.9. The molecule has 4 heterocycles. The first kappa shape index (κ1) is 13.9. The third kappa shape index (κ3) is 2.19. The Labute approximate surface area is 132 Å². The zero-order chi connectivity index (χ0) is 16.0. The molecule has 0 aromatic carbocycles. The highest BCUT2D eigenvalue weighted by atomic mass is 16.1. The van der Waals surface area contributed by atoms with Crippen molar-refractivity contribution in [2.75, 3.05) is 11.4 Å². The van der Waals surface area contributed by atoms with Crippen molar-refractivity contribution in [3.63, 3.8) is 0 Å². The largest absolute Gasteiger partial charge is 0.368 e. The van der Waals surface area contributed by atoms with Crippen LogP contribution in [0.5, 0.6) is 0 Å². The molecule has 3 aromatic rings. The van der Waals surface area contributed by atoms with Crippen molar-refractivity contribution in [2.24, 2.45) is 5.73 Å². The lowest BCUT2D eigenvalue weighted by molar-refractivity contribution is -0.119. The monoisotopic (exact) mass is 310 g/mol. The summed E-state index contributed by atoms with van der Waals surface area (Å²) in [5.41, 5.74) is 7.20. The summed E-state index contributed by atoms with van der Waals surface area (Å²) >= 11 is 0. The second-order valence-corrected chi connectivity index (χ2v) is 5.98. The fourth-order valence-electron chi connectivity index (χ4n) is 3.42. The SMILES string of the molecule is Cc1nc(N2CCCCC2C(N)=O)c2c(cnc3nccc32)[nH]1. The van der Waals surface area contributed by atoms with Crippen molar-refractivity contribution < 1.29 is 4.79 Å². The molecular weight excluding hydrogens is 292 g/mol. The smallest absolute Gasteiger partial charge is 0.240 e. The van der Waals surface area contributed by atoms with Crippen LogP contribution in [0.25, 0.3) is 21.9 Å². The number of H-pyrrole nitrogens is 1. The van der Waals surface area contributed by atoms with Gasteiger partial charge in [0.25, 0.3) is 0 Å². The quantitative estimate of drug-likeness (QED) is 0.749. The Morgan fingerprint density at radius 2 is 2.26 bits per heavy atom. The molecule has 4 rings (SSSR count). The third-order valence-corrected chi connectivity index (χ3v) is 4.45. The van der Waals surface area contributed by atoms with E-state index < -0.39 is 0 Å². The van der Waals surface area contributed by atoms with E-state index in [1.54, 1.807) is 12.4 Å². The predicted molar refractivity (Wildman–Crippen MR) is 88.1 cm³/mol. The first-order valence-corrected chi connectivity index (χ1v) is 7.81. The van der Waals surface area contributed by atoms with E-state index >= 15 is 0 Å². The van der Waals surface area contributed by atoms with Gasteiger partial charge in [-0.2, -0.15) is 0 Å². The molecule has 0 bridgehead atoms. The average Bonchev–Trinajstić information content (AvgIpc) is 3.02. The Hall–Kier alpha value is -2.70. The summed E-state index contributed by atoms with van der Waals surface area (Å²) in [7, 11) is 0. The molecule has 23 heavy (non-hydrogen) atoms. The van der Waals surface area contributed by atoms with Gasteiger partial charge in [-0.25, -0.2) is 15.0 Å². The van der Waals surface area contributed by atoms with E-state index in [1.807, 2.05) is 17.9 Å². The van der Waals surface area contributed by atoms with Gasteiger partial charge in [0.05, 0.1) is 17.1 Å². The molecule has 118 valence electrons. The highest BCUT2D eigenvalue weighted by Gasteiger charge is 2.30. The maximum atomic E-state index is 11.9. The van der Waals surface area contributed by atoms with E-state index in [0.29, 0.717) is 5.65 Å². The summed E-state index contributed by atoms with van der Waals surface area (Å²) in [6, 6.07) is 1.62. The molecule has 1 unspecified atom stereocenters. The average molecular weight is 310 g/mol. The zero-order valence-corrected chi connectivity index (χ0v) is 12.9. The molecule has 1 amide bonds. The van der Waals surface area contributed by atoms with Crippen molar-refractivity contribution in [3.8, 4) is 0 Å². The molecule has 1 aliphatic rings. The molecule has 1 aliphatic heterocycles. The lowest BCUT2D eigenvalue weighted by Crippen LogP contribution is -2.48. The van der Waals surface area contributed by atoms with E-state index in [2.05, 4.69) is 15.0 Å². The van der Waals surface area contributed by atoms with E-state index in [4.69, 9.17) is 10.7 Å². The van der Waals surface area contributed by atoms with Crippen molar-refractivity contribution in [2.45, 2.75) is 32.2 Å². The molecule has 1 atom stereocenters. The Morgan fingerprint density at radius 1 is 1.39 bits per heavy atom. The number of rotatable bonds is 2. The topological polar surface area (TPSA) is 101 Å². The van der Waals surface area contributed by atoms with E-state index in [-0.39, 0.29) is 11.9 Å². The number of carbonyl (C=O) groups is 1. The summed E-state index contributed by atoms with van der Waals surface area (Å²) in [4.78, 5) is 30.5. The van der Waals surface area contributed by atoms with Crippen LogP contribution in [-0.4, -0.2) is 38.4 Å². The summed E-state index contributed by atoms with van der Waals surface area (Å²) in [6.45, 7) is 2.68. The molecular formula is C16H18N6O. The van der Waals surface area contributed by atoms with Crippen LogP contribution >= 0.6 is 0 Å². The fourth-order valence-corrected chi connectivity index (χ4v) is 3.42. The van der Waals surface area contributed by atoms with Gasteiger partial charge in [-0.05, 0) is 32.3 Å². The standard InChI is InChI=1S/C16H18N6O/c1-9-20-11-8-19-15-10(5-6-18-15)13(11)16(21-9)22-7-3-2-4-12(22)14(17)23/h5-6,8,12H,2-4,7H2,1H3,(H2,17,23)(H,20,21). The Morgan fingerprint density at radius 3 is 3.09 bits per heavy atom. The van der Waals surface area contributed by atoms with E-state index in [1.165, 1.54) is 0 Å². The van der Waals surface area contributed by atoms with Crippen molar-refractivity contribution in [1.29, 1.82) is 0 Å².